The summed E-state index contributed by atoms with van der Waals surface area (Å²) in [5.41, 5.74) is 3.18. The topological polar surface area (TPSA) is 53.1 Å². The Balaban J connectivity index is 1.53. The number of methoxy groups -OCH3 is 1. The molecule has 4 aromatic rings. The van der Waals surface area contributed by atoms with Crippen molar-refractivity contribution in [2.24, 2.45) is 0 Å². The highest BCUT2D eigenvalue weighted by Gasteiger charge is 2.13. The minimum Gasteiger partial charge on any atom is -0.459 e. The normalized spacial score (nSPS) is 11.5. The second-order valence-corrected chi connectivity index (χ2v) is 7.67. The van der Waals surface area contributed by atoms with Gasteiger partial charge in [0.05, 0.1) is 23.3 Å². The van der Waals surface area contributed by atoms with E-state index >= 15 is 0 Å². The maximum atomic E-state index is 5.66. The van der Waals surface area contributed by atoms with Crippen LogP contribution in [0.2, 0.25) is 0 Å². The van der Waals surface area contributed by atoms with Crippen LogP contribution >= 0.6 is 23.1 Å². The number of thioether (sulfide) groups is 1. The van der Waals surface area contributed by atoms with Gasteiger partial charge in [-0.05, 0) is 31.2 Å². The van der Waals surface area contributed by atoms with Crippen LogP contribution in [0.15, 0.2) is 51.4 Å². The number of fused-ring (bicyclic) bond motifs is 1. The predicted octanol–water partition coefficient (Wildman–Crippen LogP) is 5.00. The summed E-state index contributed by atoms with van der Waals surface area (Å²) >= 11 is 3.31. The Hall–Kier alpha value is -2.09. The average molecular weight is 386 g/mol. The van der Waals surface area contributed by atoms with E-state index < -0.39 is 0 Å². The van der Waals surface area contributed by atoms with Gasteiger partial charge in [-0.25, -0.2) is 9.97 Å². The largest absolute Gasteiger partial charge is 0.459 e. The number of hydrogen-bond donors (Lipinski definition) is 0. The molecule has 0 bridgehead atoms. The van der Waals surface area contributed by atoms with Gasteiger partial charge < -0.3 is 13.7 Å². The molecule has 0 aliphatic rings. The zero-order chi connectivity index (χ0) is 17.9. The van der Waals surface area contributed by atoms with Crippen LogP contribution in [0.3, 0.4) is 0 Å². The van der Waals surface area contributed by atoms with Gasteiger partial charge >= 0.3 is 0 Å². The molecule has 0 unspecified atom stereocenters. The van der Waals surface area contributed by atoms with Crippen LogP contribution in [0.25, 0.3) is 21.8 Å². The van der Waals surface area contributed by atoms with Gasteiger partial charge in [0.15, 0.2) is 15.9 Å². The third-order valence-electron chi connectivity index (χ3n) is 3.99. The Bertz CT molecular complexity index is 1020. The maximum Gasteiger partial charge on any atom is 0.169 e. The molecule has 0 spiro atoms. The molecule has 0 radical (unpaired) electrons. The van der Waals surface area contributed by atoms with E-state index in [-0.39, 0.29) is 0 Å². The number of imidazole rings is 1. The summed E-state index contributed by atoms with van der Waals surface area (Å²) in [6.45, 7) is 3.39. The third kappa shape index (κ3) is 3.56. The molecule has 0 aliphatic heterocycles. The summed E-state index contributed by atoms with van der Waals surface area (Å²) in [7, 11) is 1.72. The number of furan rings is 1. The molecule has 7 heteroatoms. The maximum absolute atomic E-state index is 5.66. The van der Waals surface area contributed by atoms with E-state index in [9.17, 15) is 0 Å². The molecule has 4 rings (SSSR count). The van der Waals surface area contributed by atoms with Gasteiger partial charge in [-0.1, -0.05) is 23.9 Å². The molecular formula is C19H19N3O2S2. The van der Waals surface area contributed by atoms with Crippen LogP contribution in [-0.4, -0.2) is 28.3 Å². The van der Waals surface area contributed by atoms with E-state index in [1.165, 1.54) is 0 Å². The lowest BCUT2D eigenvalue weighted by molar-refractivity contribution is 0.186. The van der Waals surface area contributed by atoms with Crippen molar-refractivity contribution < 1.29 is 9.15 Å². The van der Waals surface area contributed by atoms with Gasteiger partial charge in [-0.15, -0.1) is 11.3 Å². The van der Waals surface area contributed by atoms with Crippen molar-refractivity contribution in [2.45, 2.75) is 24.4 Å². The van der Waals surface area contributed by atoms with E-state index in [1.54, 1.807) is 30.2 Å². The summed E-state index contributed by atoms with van der Waals surface area (Å²) in [6.07, 6.45) is 0. The van der Waals surface area contributed by atoms with E-state index in [0.717, 1.165) is 50.7 Å². The molecule has 0 saturated carbocycles. The smallest absolute Gasteiger partial charge is 0.169 e. The van der Waals surface area contributed by atoms with Gasteiger partial charge in [-0.2, -0.15) is 0 Å². The number of nitrogens with zero attached hydrogens (tertiary/aromatic N) is 3. The van der Waals surface area contributed by atoms with Crippen molar-refractivity contribution in [1.29, 1.82) is 0 Å². The molecule has 0 saturated heterocycles. The van der Waals surface area contributed by atoms with Crippen molar-refractivity contribution in [3.63, 3.8) is 0 Å². The molecule has 3 aromatic heterocycles. The standard InChI is InChI=1S/C19H19N3O2S2/c1-13-7-8-17(24-13)18-20-14(11-25-18)12-26-19-21-15-5-3-4-6-16(15)22(19)9-10-23-2/h3-8,11H,9-10,12H2,1-2H3. The van der Waals surface area contributed by atoms with Crippen molar-refractivity contribution in [1.82, 2.24) is 14.5 Å². The van der Waals surface area contributed by atoms with Crippen LogP contribution in [0.1, 0.15) is 11.5 Å². The Kier molecular flexibility index (Phi) is 5.10. The van der Waals surface area contributed by atoms with Crippen LogP contribution < -0.4 is 0 Å². The minimum absolute atomic E-state index is 0.659. The van der Waals surface area contributed by atoms with Crippen LogP contribution in [0.5, 0.6) is 0 Å². The van der Waals surface area contributed by atoms with E-state index in [0.29, 0.717) is 6.61 Å². The summed E-state index contributed by atoms with van der Waals surface area (Å²) < 4.78 is 13.1. The first kappa shape index (κ1) is 17.3. The van der Waals surface area contributed by atoms with Crippen LogP contribution in [-0.2, 0) is 17.0 Å². The summed E-state index contributed by atoms with van der Waals surface area (Å²) in [4.78, 5) is 9.47. The highest BCUT2D eigenvalue weighted by molar-refractivity contribution is 7.98. The predicted molar refractivity (Wildman–Crippen MR) is 106 cm³/mol. The fourth-order valence-corrected chi connectivity index (χ4v) is 4.55. The highest BCUT2D eigenvalue weighted by Crippen LogP contribution is 2.30. The fraction of sp³-hybridized carbons (Fsp3) is 0.263. The fourth-order valence-electron chi connectivity index (χ4n) is 2.74. The van der Waals surface area contributed by atoms with Gasteiger partial charge in [0.1, 0.15) is 5.76 Å². The molecule has 0 atom stereocenters. The number of benzene rings is 1. The molecule has 0 N–H and O–H groups in total. The SMILES string of the molecule is COCCn1c(SCc2csc(-c3ccc(C)o3)n2)nc2ccccc21. The second-order valence-electron chi connectivity index (χ2n) is 5.87. The van der Waals surface area contributed by atoms with Gasteiger partial charge in [0.2, 0.25) is 0 Å². The highest BCUT2D eigenvalue weighted by atomic mass is 32.2. The first-order valence-corrected chi connectivity index (χ1v) is 10.2. The van der Waals surface area contributed by atoms with Crippen molar-refractivity contribution in [3.05, 3.63) is 53.2 Å². The molecular weight excluding hydrogens is 366 g/mol. The Labute approximate surface area is 160 Å². The number of aryl methyl sites for hydroxylation is 1. The molecule has 134 valence electrons. The lowest BCUT2D eigenvalue weighted by Crippen LogP contribution is -2.05. The van der Waals surface area contributed by atoms with Crippen molar-refractivity contribution in [3.8, 4) is 10.8 Å². The van der Waals surface area contributed by atoms with Gasteiger partial charge in [0, 0.05) is 24.8 Å². The molecule has 1 aromatic carbocycles. The van der Waals surface area contributed by atoms with Gasteiger partial charge in [-0.3, -0.25) is 0 Å². The Morgan fingerprint density at radius 3 is 2.88 bits per heavy atom. The first-order chi connectivity index (χ1) is 12.7. The monoisotopic (exact) mass is 385 g/mol. The number of rotatable bonds is 7. The molecule has 0 aliphatic carbocycles. The number of thiazole rings is 1. The first-order valence-electron chi connectivity index (χ1n) is 8.33. The lowest BCUT2D eigenvalue weighted by Gasteiger charge is -2.07. The van der Waals surface area contributed by atoms with Crippen molar-refractivity contribution >= 4 is 34.1 Å². The average Bonchev–Trinajstić information content (AvgIpc) is 3.36. The van der Waals surface area contributed by atoms with E-state index in [2.05, 4.69) is 16.0 Å². The zero-order valence-electron chi connectivity index (χ0n) is 14.6. The third-order valence-corrected chi connectivity index (χ3v) is 5.91. The quantitative estimate of drug-likeness (QED) is 0.419. The number of aromatic nitrogens is 3. The van der Waals surface area contributed by atoms with Gasteiger partial charge in [0.25, 0.3) is 0 Å². The summed E-state index contributed by atoms with van der Waals surface area (Å²) in [5, 5.41) is 4.00. The molecule has 0 amide bonds. The molecule has 26 heavy (non-hydrogen) atoms. The van der Waals surface area contributed by atoms with Crippen LogP contribution in [0, 0.1) is 6.92 Å². The number of para-hydroxylation sites is 2. The van der Waals surface area contributed by atoms with E-state index in [4.69, 9.17) is 19.1 Å². The lowest BCUT2D eigenvalue weighted by atomic mass is 10.3. The molecule has 0 fully saturated rings. The minimum atomic E-state index is 0.659. The Morgan fingerprint density at radius 1 is 1.19 bits per heavy atom. The number of hydrogen-bond acceptors (Lipinski definition) is 6. The summed E-state index contributed by atoms with van der Waals surface area (Å²) in [6, 6.07) is 12.1. The zero-order valence-corrected chi connectivity index (χ0v) is 16.3. The molecule has 3 heterocycles. The second kappa shape index (κ2) is 7.65. The van der Waals surface area contributed by atoms with Crippen molar-refractivity contribution in [2.75, 3.05) is 13.7 Å². The number of ether oxygens (including phenoxy) is 1. The van der Waals surface area contributed by atoms with Crippen LogP contribution in [0.4, 0.5) is 0 Å². The Morgan fingerprint density at radius 2 is 2.08 bits per heavy atom. The molecule has 5 nitrogen and oxygen atoms in total. The van der Waals surface area contributed by atoms with E-state index in [1.807, 2.05) is 37.3 Å². The summed E-state index contributed by atoms with van der Waals surface area (Å²) in [5.74, 6) is 2.50.